The number of para-hydroxylation sites is 2. The molecule has 0 saturated carbocycles. The maximum absolute atomic E-state index is 13.8. The van der Waals surface area contributed by atoms with Gasteiger partial charge < -0.3 is 39.4 Å². The molecule has 0 saturated heterocycles. The molecule has 2 aliphatic heterocycles. The first-order valence-electron chi connectivity index (χ1n) is 19.1. The summed E-state index contributed by atoms with van der Waals surface area (Å²) in [6.45, 7) is 0. The van der Waals surface area contributed by atoms with Crippen molar-refractivity contribution in [1.82, 2.24) is 0 Å². The number of fused-ring (bicyclic) bond motifs is 6. The van der Waals surface area contributed by atoms with Crippen molar-refractivity contribution in [2.45, 2.75) is 37.7 Å². The molecule has 1 unspecified atom stereocenters. The molecule has 298 valence electrons. The predicted molar refractivity (Wildman–Crippen MR) is 221 cm³/mol. The Morgan fingerprint density at radius 2 is 1.29 bits per heavy atom. The molecular formula is C46H39N2O10P. The summed E-state index contributed by atoms with van der Waals surface area (Å²) in [7, 11) is -3.59. The largest absolute Gasteiger partial charge is 0.508 e. The second-order valence-corrected chi connectivity index (χ2v) is 16.2. The standard InChI is InChI=1S/C46H39N2O10P/c49-32-23-24-37-40(29-32)55-44-38(46(37)36-16-8-7-15-35(36)45(53)56-46)25-26-39(50)43(44)48-42(52)18-10-9-17-41(51)47-31-21-19-30(20-22-31)27-28-59(54,57-33-11-3-1-4-12-33)58-34-13-5-2-6-14-34/h1-8,11-16,19-26,29,49-50H,9-10,17-18,27-28H2,(H,47,51)(H,48,52). The van der Waals surface area contributed by atoms with E-state index in [0.29, 0.717) is 58.7 Å². The number of phenols is 2. The number of carbonyl (C=O) groups is 3. The number of anilines is 2. The zero-order valence-corrected chi connectivity index (χ0v) is 32.5. The fourth-order valence-corrected chi connectivity index (χ4v) is 8.88. The van der Waals surface area contributed by atoms with Crippen LogP contribution in [-0.4, -0.2) is 34.2 Å². The van der Waals surface area contributed by atoms with Crippen LogP contribution in [0.5, 0.6) is 34.5 Å². The molecule has 1 atom stereocenters. The van der Waals surface area contributed by atoms with E-state index in [-0.39, 0.29) is 53.6 Å². The minimum absolute atomic E-state index is 0.0160. The highest BCUT2D eigenvalue weighted by Gasteiger charge is 2.54. The molecule has 12 nitrogen and oxygen atoms in total. The Kier molecular flexibility index (Phi) is 10.8. The van der Waals surface area contributed by atoms with Crippen molar-refractivity contribution in [1.29, 1.82) is 0 Å². The number of unbranched alkanes of at least 4 members (excludes halogenated alkanes) is 1. The SMILES string of the molecule is O=C(CCCCC(=O)Nc1c(O)ccc2c1Oc1cc(O)ccc1C21OC(=O)c2ccccc21)Nc1ccc(CCP(=O)(Oc2ccccc2)Oc2ccccc2)cc1. The molecule has 0 bridgehead atoms. The van der Waals surface area contributed by atoms with Crippen LogP contribution in [0.3, 0.4) is 0 Å². The lowest BCUT2D eigenvalue weighted by Gasteiger charge is -2.37. The van der Waals surface area contributed by atoms with Gasteiger partial charge in [-0.05, 0) is 91.6 Å². The van der Waals surface area contributed by atoms with Crippen LogP contribution in [-0.2, 0) is 30.9 Å². The number of esters is 1. The molecule has 4 N–H and O–H groups in total. The third-order valence-electron chi connectivity index (χ3n) is 10.1. The highest BCUT2D eigenvalue weighted by atomic mass is 31.2. The van der Waals surface area contributed by atoms with Crippen molar-refractivity contribution in [2.75, 3.05) is 16.8 Å². The molecular weight excluding hydrogens is 771 g/mol. The smallest absolute Gasteiger partial charge is 0.431 e. The first kappa shape index (κ1) is 38.8. The summed E-state index contributed by atoms with van der Waals surface area (Å²) in [5.41, 5.74) is 1.79. The van der Waals surface area contributed by atoms with Crippen molar-refractivity contribution in [3.8, 4) is 34.5 Å². The van der Waals surface area contributed by atoms with Gasteiger partial charge in [-0.2, -0.15) is 0 Å². The van der Waals surface area contributed by atoms with Crippen LogP contribution in [0.4, 0.5) is 11.4 Å². The zero-order valence-electron chi connectivity index (χ0n) is 31.6. The Labute approximate surface area is 339 Å². The molecule has 0 aliphatic carbocycles. The van der Waals surface area contributed by atoms with E-state index in [4.69, 9.17) is 18.5 Å². The van der Waals surface area contributed by atoms with Gasteiger partial charge in [-0.3, -0.25) is 9.59 Å². The molecule has 0 aromatic heterocycles. The summed E-state index contributed by atoms with van der Waals surface area (Å²) in [6, 6.07) is 39.4. The Hall–Kier alpha value is -7.04. The third kappa shape index (κ3) is 8.21. The average molecular weight is 811 g/mol. The molecule has 13 heteroatoms. The van der Waals surface area contributed by atoms with E-state index in [1.165, 1.54) is 18.2 Å². The number of carbonyl (C=O) groups excluding carboxylic acids is 3. The normalized spacial score (nSPS) is 14.9. The molecule has 1 spiro atoms. The van der Waals surface area contributed by atoms with E-state index < -0.39 is 25.1 Å². The number of rotatable bonds is 14. The predicted octanol–water partition coefficient (Wildman–Crippen LogP) is 9.70. The van der Waals surface area contributed by atoms with Gasteiger partial charge in [-0.1, -0.05) is 66.7 Å². The van der Waals surface area contributed by atoms with Gasteiger partial charge in [-0.25, -0.2) is 9.36 Å². The number of amides is 2. The van der Waals surface area contributed by atoms with E-state index in [1.807, 2.05) is 24.3 Å². The summed E-state index contributed by atoms with van der Waals surface area (Å²) in [5, 5.41) is 26.9. The van der Waals surface area contributed by atoms with E-state index in [2.05, 4.69) is 10.6 Å². The average Bonchev–Trinajstić information content (AvgIpc) is 3.53. The van der Waals surface area contributed by atoms with Crippen LogP contribution in [0.1, 0.15) is 58.3 Å². The minimum atomic E-state index is -3.59. The van der Waals surface area contributed by atoms with Crippen LogP contribution in [0.2, 0.25) is 0 Å². The topological polar surface area (TPSA) is 170 Å². The Morgan fingerprint density at radius 1 is 0.678 bits per heavy atom. The minimum Gasteiger partial charge on any atom is -0.508 e. The van der Waals surface area contributed by atoms with E-state index >= 15 is 0 Å². The van der Waals surface area contributed by atoms with Crippen LogP contribution in [0.15, 0.2) is 140 Å². The van der Waals surface area contributed by atoms with Crippen molar-refractivity contribution in [2.24, 2.45) is 0 Å². The number of aromatic hydroxyl groups is 2. The number of ether oxygens (including phenoxy) is 2. The quantitative estimate of drug-likeness (QED) is 0.0360. The molecule has 6 aromatic rings. The van der Waals surface area contributed by atoms with Crippen molar-refractivity contribution >= 4 is 36.8 Å². The van der Waals surface area contributed by atoms with E-state index in [9.17, 15) is 29.2 Å². The van der Waals surface area contributed by atoms with Gasteiger partial charge in [0.05, 0.1) is 17.3 Å². The maximum atomic E-state index is 13.8. The third-order valence-corrected chi connectivity index (χ3v) is 11.8. The molecule has 2 aliphatic rings. The number of benzene rings is 6. The first-order valence-corrected chi connectivity index (χ1v) is 20.8. The van der Waals surface area contributed by atoms with Crippen LogP contribution in [0, 0.1) is 0 Å². The molecule has 0 radical (unpaired) electrons. The fraction of sp³-hybridized carbons (Fsp3) is 0.152. The maximum Gasteiger partial charge on any atom is 0.431 e. The van der Waals surface area contributed by atoms with Crippen molar-refractivity contribution in [3.63, 3.8) is 0 Å². The van der Waals surface area contributed by atoms with Crippen LogP contribution in [0.25, 0.3) is 0 Å². The lowest BCUT2D eigenvalue weighted by molar-refractivity contribution is -0.118. The van der Waals surface area contributed by atoms with E-state index in [0.717, 1.165) is 5.56 Å². The van der Waals surface area contributed by atoms with Gasteiger partial charge in [0.1, 0.15) is 34.4 Å². The summed E-state index contributed by atoms with van der Waals surface area (Å²) in [5.74, 6) is -0.403. The summed E-state index contributed by atoms with van der Waals surface area (Å²) in [6.07, 6.45) is 1.51. The lowest BCUT2D eigenvalue weighted by Crippen LogP contribution is -2.33. The molecule has 6 aromatic carbocycles. The highest BCUT2D eigenvalue weighted by molar-refractivity contribution is 7.54. The second-order valence-electron chi connectivity index (χ2n) is 14.1. The lowest BCUT2D eigenvalue weighted by atomic mass is 9.77. The molecule has 59 heavy (non-hydrogen) atoms. The molecule has 0 fully saturated rings. The number of nitrogens with one attached hydrogen (secondary N) is 2. The van der Waals surface area contributed by atoms with Gasteiger partial charge in [0.2, 0.25) is 11.8 Å². The molecule has 8 rings (SSSR count). The Balaban J connectivity index is 0.859. The first-order chi connectivity index (χ1) is 28.6. The Bertz CT molecular complexity index is 2540. The number of aryl methyl sites for hydroxylation is 1. The van der Waals surface area contributed by atoms with Crippen molar-refractivity contribution in [3.05, 3.63) is 167 Å². The number of hydrogen-bond donors (Lipinski definition) is 4. The van der Waals surface area contributed by atoms with Crippen LogP contribution < -0.4 is 24.4 Å². The van der Waals surface area contributed by atoms with E-state index in [1.54, 1.807) is 97.1 Å². The molecule has 2 amide bonds. The van der Waals surface area contributed by atoms with Gasteiger partial charge >= 0.3 is 13.6 Å². The molecule has 2 heterocycles. The fourth-order valence-electron chi connectivity index (χ4n) is 7.25. The summed E-state index contributed by atoms with van der Waals surface area (Å²) >= 11 is 0. The van der Waals surface area contributed by atoms with Gasteiger partial charge in [0.15, 0.2) is 11.4 Å². The number of hydrogen-bond acceptors (Lipinski definition) is 10. The second kappa shape index (κ2) is 16.4. The monoisotopic (exact) mass is 810 g/mol. The summed E-state index contributed by atoms with van der Waals surface area (Å²) in [4.78, 5) is 39.2. The van der Waals surface area contributed by atoms with Gasteiger partial charge in [0, 0.05) is 35.7 Å². The highest BCUT2D eigenvalue weighted by Crippen LogP contribution is 2.59. The van der Waals surface area contributed by atoms with Crippen molar-refractivity contribution < 1.29 is 47.7 Å². The van der Waals surface area contributed by atoms with Gasteiger partial charge in [-0.15, -0.1) is 0 Å². The number of phenolic OH excluding ortho intramolecular Hbond substituents is 2. The zero-order chi connectivity index (χ0) is 41.0. The van der Waals surface area contributed by atoms with Crippen LogP contribution >= 0.6 is 7.60 Å². The van der Waals surface area contributed by atoms with Gasteiger partial charge in [0.25, 0.3) is 0 Å². The summed E-state index contributed by atoms with van der Waals surface area (Å²) < 4.78 is 37.9. The Morgan fingerprint density at radius 3 is 1.97 bits per heavy atom.